The minimum absolute atomic E-state index is 0.764. The van der Waals surface area contributed by atoms with Gasteiger partial charge in [0, 0.05) is 31.2 Å². The lowest BCUT2D eigenvalue weighted by Crippen LogP contribution is -2.26. The third-order valence-corrected chi connectivity index (χ3v) is 3.40. The van der Waals surface area contributed by atoms with E-state index in [1.54, 1.807) is 0 Å². The van der Waals surface area contributed by atoms with Crippen LogP contribution in [0.5, 0.6) is 0 Å². The molecule has 1 fully saturated rings. The standard InChI is InChI=1S/C14H20N2O/c1-2-6-16(7-3-1)10-14-8-12(11-17-14)9-15-13-4-5-13/h1-2,8,11,13,15H,3-7,9-10H2. The fourth-order valence-corrected chi connectivity index (χ4v) is 2.21. The minimum atomic E-state index is 0.764. The first-order valence-electron chi connectivity index (χ1n) is 6.57. The van der Waals surface area contributed by atoms with Gasteiger partial charge in [0.1, 0.15) is 5.76 Å². The molecule has 1 saturated carbocycles. The third kappa shape index (κ3) is 3.20. The Bertz CT molecular complexity index is 393. The van der Waals surface area contributed by atoms with Gasteiger partial charge in [-0.1, -0.05) is 12.2 Å². The van der Waals surface area contributed by atoms with Crippen LogP contribution in [0.15, 0.2) is 28.9 Å². The number of hydrogen-bond donors (Lipinski definition) is 1. The first-order chi connectivity index (χ1) is 8.40. The molecule has 0 atom stereocenters. The van der Waals surface area contributed by atoms with Crippen LogP contribution in [0, 0.1) is 0 Å². The molecule has 0 aromatic carbocycles. The summed E-state index contributed by atoms with van der Waals surface area (Å²) < 4.78 is 5.61. The molecule has 2 aliphatic rings. The highest BCUT2D eigenvalue weighted by Crippen LogP contribution is 2.20. The molecule has 17 heavy (non-hydrogen) atoms. The first kappa shape index (κ1) is 11.1. The van der Waals surface area contributed by atoms with E-state index in [0.29, 0.717) is 0 Å². The lowest BCUT2D eigenvalue weighted by molar-refractivity contribution is 0.265. The number of furan rings is 1. The summed E-state index contributed by atoms with van der Waals surface area (Å²) in [7, 11) is 0. The van der Waals surface area contributed by atoms with E-state index in [1.165, 1.54) is 18.4 Å². The topological polar surface area (TPSA) is 28.4 Å². The van der Waals surface area contributed by atoms with Crippen LogP contribution in [-0.4, -0.2) is 24.0 Å². The van der Waals surface area contributed by atoms with Gasteiger partial charge in [-0.05, 0) is 25.3 Å². The Kier molecular flexibility index (Phi) is 3.29. The van der Waals surface area contributed by atoms with Crippen LogP contribution >= 0.6 is 0 Å². The van der Waals surface area contributed by atoms with Gasteiger partial charge in [-0.3, -0.25) is 4.90 Å². The Morgan fingerprint density at radius 2 is 2.29 bits per heavy atom. The predicted molar refractivity (Wildman–Crippen MR) is 67.6 cm³/mol. The van der Waals surface area contributed by atoms with Crippen molar-refractivity contribution in [2.24, 2.45) is 0 Å². The van der Waals surface area contributed by atoms with Gasteiger partial charge in [-0.15, -0.1) is 0 Å². The summed E-state index contributed by atoms with van der Waals surface area (Å²) in [5.41, 5.74) is 1.28. The highest BCUT2D eigenvalue weighted by Gasteiger charge is 2.20. The Balaban J connectivity index is 1.50. The van der Waals surface area contributed by atoms with Crippen LogP contribution in [0.3, 0.4) is 0 Å². The third-order valence-electron chi connectivity index (χ3n) is 3.40. The van der Waals surface area contributed by atoms with E-state index >= 15 is 0 Å². The van der Waals surface area contributed by atoms with E-state index in [-0.39, 0.29) is 0 Å². The maximum atomic E-state index is 5.61. The van der Waals surface area contributed by atoms with Crippen molar-refractivity contribution in [2.75, 3.05) is 13.1 Å². The zero-order valence-electron chi connectivity index (χ0n) is 10.2. The Hall–Kier alpha value is -1.06. The predicted octanol–water partition coefficient (Wildman–Crippen LogP) is 2.29. The molecule has 3 rings (SSSR count). The van der Waals surface area contributed by atoms with Crippen molar-refractivity contribution < 1.29 is 4.42 Å². The van der Waals surface area contributed by atoms with Crippen LogP contribution in [-0.2, 0) is 13.1 Å². The summed E-state index contributed by atoms with van der Waals surface area (Å²) >= 11 is 0. The van der Waals surface area contributed by atoms with E-state index in [2.05, 4.69) is 28.4 Å². The lowest BCUT2D eigenvalue weighted by Gasteiger charge is -2.21. The zero-order valence-corrected chi connectivity index (χ0v) is 10.2. The van der Waals surface area contributed by atoms with Crippen LogP contribution in [0.2, 0.25) is 0 Å². The van der Waals surface area contributed by atoms with Crippen LogP contribution in [0.1, 0.15) is 30.6 Å². The molecule has 0 radical (unpaired) electrons. The number of nitrogens with zero attached hydrogens (tertiary/aromatic N) is 1. The second kappa shape index (κ2) is 5.07. The van der Waals surface area contributed by atoms with E-state index in [1.807, 2.05) is 6.26 Å². The highest BCUT2D eigenvalue weighted by atomic mass is 16.3. The van der Waals surface area contributed by atoms with Crippen LogP contribution < -0.4 is 5.32 Å². The summed E-state index contributed by atoms with van der Waals surface area (Å²) in [5.74, 6) is 1.09. The second-order valence-electron chi connectivity index (χ2n) is 5.07. The summed E-state index contributed by atoms with van der Waals surface area (Å²) in [4.78, 5) is 2.41. The molecule has 3 nitrogen and oxygen atoms in total. The molecular weight excluding hydrogens is 212 g/mol. The number of rotatable bonds is 5. The van der Waals surface area contributed by atoms with E-state index in [4.69, 9.17) is 4.42 Å². The molecule has 2 heterocycles. The zero-order chi connectivity index (χ0) is 11.5. The van der Waals surface area contributed by atoms with Crippen molar-refractivity contribution in [1.82, 2.24) is 10.2 Å². The van der Waals surface area contributed by atoms with Crippen LogP contribution in [0.4, 0.5) is 0 Å². The fourth-order valence-electron chi connectivity index (χ4n) is 2.21. The maximum Gasteiger partial charge on any atom is 0.118 e. The Morgan fingerprint density at radius 1 is 1.35 bits per heavy atom. The maximum absolute atomic E-state index is 5.61. The SMILES string of the molecule is C1=CCN(Cc2cc(CNC3CC3)co2)CC1. The van der Waals surface area contributed by atoms with E-state index in [9.17, 15) is 0 Å². The number of nitrogens with one attached hydrogen (secondary N) is 1. The molecule has 0 spiro atoms. The van der Waals surface area contributed by atoms with E-state index < -0.39 is 0 Å². The van der Waals surface area contributed by atoms with Crippen molar-refractivity contribution in [1.29, 1.82) is 0 Å². The van der Waals surface area contributed by atoms with Gasteiger partial charge < -0.3 is 9.73 Å². The van der Waals surface area contributed by atoms with Crippen molar-refractivity contribution >= 4 is 0 Å². The normalized spacial score (nSPS) is 20.9. The molecular formula is C14H20N2O. The van der Waals surface area contributed by atoms with Gasteiger partial charge in [0.2, 0.25) is 0 Å². The molecule has 92 valence electrons. The van der Waals surface area contributed by atoms with Gasteiger partial charge in [0.15, 0.2) is 0 Å². The molecule has 0 amide bonds. The van der Waals surface area contributed by atoms with Crippen molar-refractivity contribution in [3.63, 3.8) is 0 Å². The molecule has 1 aromatic heterocycles. The van der Waals surface area contributed by atoms with Gasteiger partial charge in [0.05, 0.1) is 12.8 Å². The molecule has 1 aromatic rings. The van der Waals surface area contributed by atoms with Gasteiger partial charge in [-0.2, -0.15) is 0 Å². The van der Waals surface area contributed by atoms with E-state index in [0.717, 1.165) is 44.4 Å². The summed E-state index contributed by atoms with van der Waals surface area (Å²) in [6.45, 7) is 4.09. The lowest BCUT2D eigenvalue weighted by atomic mass is 10.2. The van der Waals surface area contributed by atoms with Crippen LogP contribution in [0.25, 0.3) is 0 Å². The van der Waals surface area contributed by atoms with Gasteiger partial charge >= 0.3 is 0 Å². The molecule has 1 aliphatic heterocycles. The summed E-state index contributed by atoms with van der Waals surface area (Å²) in [5, 5.41) is 3.51. The first-order valence-corrected chi connectivity index (χ1v) is 6.57. The second-order valence-corrected chi connectivity index (χ2v) is 5.07. The largest absolute Gasteiger partial charge is 0.468 e. The number of hydrogen-bond acceptors (Lipinski definition) is 3. The minimum Gasteiger partial charge on any atom is -0.468 e. The van der Waals surface area contributed by atoms with Crippen molar-refractivity contribution in [2.45, 2.75) is 38.4 Å². The molecule has 0 unspecified atom stereocenters. The smallest absolute Gasteiger partial charge is 0.118 e. The quantitative estimate of drug-likeness (QED) is 0.790. The summed E-state index contributed by atoms with van der Waals surface area (Å²) in [6, 6.07) is 2.95. The molecule has 3 heteroatoms. The molecule has 0 bridgehead atoms. The van der Waals surface area contributed by atoms with Gasteiger partial charge in [-0.25, -0.2) is 0 Å². The summed E-state index contributed by atoms with van der Waals surface area (Å²) in [6.07, 6.45) is 10.2. The van der Waals surface area contributed by atoms with Crippen molar-refractivity contribution in [3.05, 3.63) is 35.8 Å². The molecule has 0 saturated heterocycles. The molecule has 1 aliphatic carbocycles. The molecule has 1 N–H and O–H groups in total. The fraction of sp³-hybridized carbons (Fsp3) is 0.571. The average Bonchev–Trinajstić information content (AvgIpc) is 3.09. The highest BCUT2D eigenvalue weighted by molar-refractivity contribution is 5.13. The Morgan fingerprint density at radius 3 is 3.06 bits per heavy atom. The van der Waals surface area contributed by atoms with Gasteiger partial charge in [0.25, 0.3) is 0 Å². The average molecular weight is 232 g/mol. The Labute approximate surface area is 102 Å². The van der Waals surface area contributed by atoms with Crippen molar-refractivity contribution in [3.8, 4) is 0 Å². The monoisotopic (exact) mass is 232 g/mol.